The molecule has 1 aliphatic rings. The lowest BCUT2D eigenvalue weighted by Gasteiger charge is -2.34. The van der Waals surface area contributed by atoms with Crippen molar-refractivity contribution in [2.45, 2.75) is 26.3 Å². The summed E-state index contributed by atoms with van der Waals surface area (Å²) in [5, 5.41) is 5.02. The van der Waals surface area contributed by atoms with Gasteiger partial charge in [-0.25, -0.2) is 4.98 Å². The number of hydrogen-bond donors (Lipinski definition) is 1. The minimum atomic E-state index is -0.306. The molecular weight excluding hydrogens is 486 g/mol. The number of piperazine rings is 1. The second kappa shape index (κ2) is 13.1. The fraction of sp³-hybridized carbons (Fsp3) is 0.357. The molecule has 8 nitrogen and oxygen atoms in total. The number of carbonyl (C=O) groups is 3. The van der Waals surface area contributed by atoms with E-state index in [2.05, 4.69) is 27.3 Å². The lowest BCUT2D eigenvalue weighted by atomic mass is 10.2. The predicted octanol–water partition coefficient (Wildman–Crippen LogP) is 3.52. The molecule has 4 rings (SSSR count). The molecule has 194 valence electrons. The summed E-state index contributed by atoms with van der Waals surface area (Å²) in [6.45, 7) is 6.37. The predicted molar refractivity (Wildman–Crippen MR) is 145 cm³/mol. The monoisotopic (exact) mass is 519 g/mol. The highest BCUT2D eigenvalue weighted by Crippen LogP contribution is 2.17. The highest BCUT2D eigenvalue weighted by molar-refractivity contribution is 7.13. The van der Waals surface area contributed by atoms with Crippen LogP contribution in [0.15, 0.2) is 66.0 Å². The molecule has 0 unspecified atom stereocenters. The van der Waals surface area contributed by atoms with E-state index in [0.29, 0.717) is 36.0 Å². The molecule has 9 heteroatoms. The third-order valence-corrected chi connectivity index (χ3v) is 7.05. The second-order valence-corrected chi connectivity index (χ2v) is 9.96. The first-order valence-corrected chi connectivity index (χ1v) is 13.5. The molecule has 0 saturated carbocycles. The standard InChI is InChI=1S/C28H33N5O3S/c1-2-13-33(27(36)23-11-7-4-8-12-23)20-25(34)30-28-29-24(21-37-28)18-26(35)32-16-14-31(15-17-32)19-22-9-5-3-6-10-22/h3-12,21H,2,13-20H2,1H3,(H,29,30,34). The molecule has 37 heavy (non-hydrogen) atoms. The smallest absolute Gasteiger partial charge is 0.254 e. The topological polar surface area (TPSA) is 85.8 Å². The SMILES string of the molecule is CCCN(CC(=O)Nc1nc(CC(=O)N2CCN(Cc3ccccc3)CC2)cs1)C(=O)c1ccccc1. The Balaban J connectivity index is 1.24. The van der Waals surface area contributed by atoms with Crippen molar-refractivity contribution in [2.75, 3.05) is 44.6 Å². The van der Waals surface area contributed by atoms with Crippen molar-refractivity contribution in [3.8, 4) is 0 Å². The van der Waals surface area contributed by atoms with Crippen molar-refractivity contribution < 1.29 is 14.4 Å². The molecule has 0 radical (unpaired) electrons. The molecule has 3 aromatic rings. The molecule has 1 fully saturated rings. The lowest BCUT2D eigenvalue weighted by Crippen LogP contribution is -2.48. The Hall–Kier alpha value is -3.56. The van der Waals surface area contributed by atoms with E-state index in [-0.39, 0.29) is 30.7 Å². The fourth-order valence-corrected chi connectivity index (χ4v) is 5.05. The van der Waals surface area contributed by atoms with Crippen LogP contribution in [0.3, 0.4) is 0 Å². The number of rotatable bonds is 10. The number of anilines is 1. The summed E-state index contributed by atoms with van der Waals surface area (Å²) in [6.07, 6.45) is 0.954. The van der Waals surface area contributed by atoms with Gasteiger partial charge in [-0.3, -0.25) is 19.3 Å². The van der Waals surface area contributed by atoms with Gasteiger partial charge in [-0.2, -0.15) is 0 Å². The maximum Gasteiger partial charge on any atom is 0.254 e. The Bertz CT molecular complexity index is 1180. The van der Waals surface area contributed by atoms with E-state index in [1.54, 1.807) is 34.5 Å². The van der Waals surface area contributed by atoms with Gasteiger partial charge in [0, 0.05) is 50.2 Å². The van der Waals surface area contributed by atoms with E-state index >= 15 is 0 Å². The Kier molecular flexibility index (Phi) is 9.40. The molecule has 3 amide bonds. The van der Waals surface area contributed by atoms with Gasteiger partial charge in [0.15, 0.2) is 5.13 Å². The number of benzene rings is 2. The quantitative estimate of drug-likeness (QED) is 0.443. The Morgan fingerprint density at radius 3 is 2.32 bits per heavy atom. The van der Waals surface area contributed by atoms with Gasteiger partial charge in [0.05, 0.1) is 12.1 Å². The molecule has 0 atom stereocenters. The van der Waals surface area contributed by atoms with Crippen LogP contribution in [0.4, 0.5) is 5.13 Å². The molecule has 1 saturated heterocycles. The number of carbonyl (C=O) groups excluding carboxylic acids is 3. The number of aromatic nitrogens is 1. The lowest BCUT2D eigenvalue weighted by molar-refractivity contribution is -0.132. The van der Waals surface area contributed by atoms with Gasteiger partial charge in [0.2, 0.25) is 11.8 Å². The van der Waals surface area contributed by atoms with Crippen molar-refractivity contribution in [2.24, 2.45) is 0 Å². The van der Waals surface area contributed by atoms with Crippen LogP contribution in [0.2, 0.25) is 0 Å². The fourth-order valence-electron chi connectivity index (χ4n) is 4.33. The van der Waals surface area contributed by atoms with Crippen LogP contribution in [0, 0.1) is 0 Å². The second-order valence-electron chi connectivity index (χ2n) is 9.10. The summed E-state index contributed by atoms with van der Waals surface area (Å²) < 4.78 is 0. The van der Waals surface area contributed by atoms with Crippen LogP contribution in [0.1, 0.15) is 35.0 Å². The maximum absolute atomic E-state index is 12.8. The molecule has 0 aliphatic carbocycles. The Morgan fingerprint density at radius 2 is 1.65 bits per heavy atom. The molecule has 1 N–H and O–H groups in total. The average molecular weight is 520 g/mol. The van der Waals surface area contributed by atoms with E-state index in [9.17, 15) is 14.4 Å². The molecule has 0 spiro atoms. The number of amides is 3. The Labute approximate surface area is 221 Å². The zero-order valence-electron chi connectivity index (χ0n) is 21.1. The first kappa shape index (κ1) is 26.5. The van der Waals surface area contributed by atoms with E-state index in [0.717, 1.165) is 26.1 Å². The normalized spacial score (nSPS) is 13.8. The van der Waals surface area contributed by atoms with Crippen LogP contribution in [-0.2, 0) is 22.6 Å². The van der Waals surface area contributed by atoms with Crippen molar-refractivity contribution in [1.82, 2.24) is 19.7 Å². The molecule has 0 bridgehead atoms. The van der Waals surface area contributed by atoms with Crippen molar-refractivity contribution in [1.29, 1.82) is 0 Å². The van der Waals surface area contributed by atoms with Gasteiger partial charge in [-0.1, -0.05) is 55.5 Å². The van der Waals surface area contributed by atoms with Gasteiger partial charge in [-0.05, 0) is 24.1 Å². The van der Waals surface area contributed by atoms with E-state index in [1.165, 1.54) is 16.9 Å². The minimum Gasteiger partial charge on any atom is -0.340 e. The molecule has 2 aromatic carbocycles. The van der Waals surface area contributed by atoms with Gasteiger partial charge >= 0.3 is 0 Å². The summed E-state index contributed by atoms with van der Waals surface area (Å²) in [6, 6.07) is 19.3. The number of nitrogens with one attached hydrogen (secondary N) is 1. The maximum atomic E-state index is 12.8. The van der Waals surface area contributed by atoms with E-state index in [4.69, 9.17) is 0 Å². The van der Waals surface area contributed by atoms with Crippen LogP contribution >= 0.6 is 11.3 Å². The van der Waals surface area contributed by atoms with Crippen LogP contribution in [-0.4, -0.2) is 76.7 Å². The first-order valence-electron chi connectivity index (χ1n) is 12.6. The zero-order chi connectivity index (χ0) is 26.0. The van der Waals surface area contributed by atoms with Crippen molar-refractivity contribution in [3.05, 3.63) is 82.9 Å². The summed E-state index contributed by atoms with van der Waals surface area (Å²) in [5.74, 6) is -0.434. The molecule has 2 heterocycles. The van der Waals surface area contributed by atoms with Crippen molar-refractivity contribution >= 4 is 34.2 Å². The highest BCUT2D eigenvalue weighted by atomic mass is 32.1. The van der Waals surface area contributed by atoms with E-state index in [1.807, 2.05) is 36.1 Å². The Morgan fingerprint density at radius 1 is 0.973 bits per heavy atom. The van der Waals surface area contributed by atoms with Gasteiger partial charge in [-0.15, -0.1) is 11.3 Å². The highest BCUT2D eigenvalue weighted by Gasteiger charge is 2.23. The zero-order valence-corrected chi connectivity index (χ0v) is 22.0. The van der Waals surface area contributed by atoms with Gasteiger partial charge in [0.25, 0.3) is 5.91 Å². The van der Waals surface area contributed by atoms with Crippen molar-refractivity contribution in [3.63, 3.8) is 0 Å². The minimum absolute atomic E-state index is 0.0464. The number of thiazole rings is 1. The van der Waals surface area contributed by atoms with Crippen LogP contribution in [0.5, 0.6) is 0 Å². The molecular formula is C28H33N5O3S. The average Bonchev–Trinajstić information content (AvgIpc) is 3.35. The molecule has 1 aliphatic heterocycles. The van der Waals surface area contributed by atoms with Crippen LogP contribution < -0.4 is 5.32 Å². The largest absolute Gasteiger partial charge is 0.340 e. The summed E-state index contributed by atoms with van der Waals surface area (Å²) in [4.78, 5) is 48.5. The number of nitrogens with zero attached hydrogens (tertiary/aromatic N) is 4. The van der Waals surface area contributed by atoms with Gasteiger partial charge < -0.3 is 15.1 Å². The third-order valence-electron chi connectivity index (χ3n) is 6.24. The summed E-state index contributed by atoms with van der Waals surface area (Å²) >= 11 is 1.29. The number of hydrogen-bond acceptors (Lipinski definition) is 6. The third kappa shape index (κ3) is 7.71. The van der Waals surface area contributed by atoms with Gasteiger partial charge in [0.1, 0.15) is 6.54 Å². The molecule has 1 aromatic heterocycles. The van der Waals surface area contributed by atoms with Crippen LogP contribution in [0.25, 0.3) is 0 Å². The summed E-state index contributed by atoms with van der Waals surface area (Å²) in [7, 11) is 0. The first-order chi connectivity index (χ1) is 18.0. The summed E-state index contributed by atoms with van der Waals surface area (Å²) in [5.41, 5.74) is 2.48. The van der Waals surface area contributed by atoms with E-state index < -0.39 is 0 Å².